The van der Waals surface area contributed by atoms with E-state index in [0.717, 1.165) is 11.1 Å². The minimum atomic E-state index is -0.369. The number of benzene rings is 3. The van der Waals surface area contributed by atoms with Crippen molar-refractivity contribution >= 4 is 40.0 Å². The molecule has 4 aromatic rings. The second-order valence-corrected chi connectivity index (χ2v) is 9.14. The Hall–Kier alpha value is -3.35. The number of unbranched alkanes of at least 4 members (excludes halogenated alkanes) is 1. The number of nitrogens with zero attached hydrogens (tertiary/aromatic N) is 2. The normalized spacial score (nSPS) is 11.0. The van der Waals surface area contributed by atoms with Crippen molar-refractivity contribution in [2.45, 2.75) is 38.9 Å². The van der Waals surface area contributed by atoms with Gasteiger partial charge in [0.2, 0.25) is 5.91 Å². The number of hydrogen-bond acceptors (Lipinski definition) is 3. The molecule has 0 spiro atoms. The smallest absolute Gasteiger partial charge is 0.331 e. The van der Waals surface area contributed by atoms with Gasteiger partial charge in [0.15, 0.2) is 0 Å². The highest BCUT2D eigenvalue weighted by molar-refractivity contribution is 6.31. The summed E-state index contributed by atoms with van der Waals surface area (Å²) in [5.74, 6) is -0.101. The van der Waals surface area contributed by atoms with Crippen LogP contribution in [-0.2, 0) is 24.4 Å². The fourth-order valence-electron chi connectivity index (χ4n) is 3.97. The number of carbonyl (C=O) groups excluding carboxylic acids is 1. The molecule has 0 unspecified atom stereocenters. The SMILES string of the molecule is O=C(CCCCn1c(=O)c2ccccc2n(Cc2ccc(Cl)cc2)c1=O)NCc1ccccc1Cl. The molecule has 0 atom stereocenters. The molecule has 0 saturated heterocycles. The first kappa shape index (κ1) is 24.8. The molecular weight excluding hydrogens is 485 g/mol. The predicted molar refractivity (Wildman–Crippen MR) is 140 cm³/mol. The minimum Gasteiger partial charge on any atom is -0.352 e. The maximum Gasteiger partial charge on any atom is 0.331 e. The van der Waals surface area contributed by atoms with Crippen LogP contribution in [0.15, 0.2) is 82.4 Å². The number of amides is 1. The Bertz CT molecular complexity index is 1460. The summed E-state index contributed by atoms with van der Waals surface area (Å²) < 4.78 is 2.87. The van der Waals surface area contributed by atoms with Crippen LogP contribution in [-0.4, -0.2) is 15.0 Å². The van der Waals surface area contributed by atoms with Crippen LogP contribution in [0.1, 0.15) is 30.4 Å². The van der Waals surface area contributed by atoms with Crippen molar-refractivity contribution in [3.63, 3.8) is 0 Å². The highest BCUT2D eigenvalue weighted by Gasteiger charge is 2.13. The summed E-state index contributed by atoms with van der Waals surface area (Å²) in [6.07, 6.45) is 1.37. The van der Waals surface area contributed by atoms with Gasteiger partial charge in [-0.3, -0.25) is 18.7 Å². The van der Waals surface area contributed by atoms with E-state index in [4.69, 9.17) is 23.2 Å². The van der Waals surface area contributed by atoms with Crippen LogP contribution in [0.4, 0.5) is 0 Å². The topological polar surface area (TPSA) is 73.1 Å². The van der Waals surface area contributed by atoms with Gasteiger partial charge in [-0.05, 0) is 54.3 Å². The van der Waals surface area contributed by atoms with E-state index in [2.05, 4.69) is 5.32 Å². The van der Waals surface area contributed by atoms with Crippen LogP contribution in [0, 0.1) is 0 Å². The van der Waals surface area contributed by atoms with Gasteiger partial charge in [-0.2, -0.15) is 0 Å². The lowest BCUT2D eigenvalue weighted by Gasteiger charge is -2.14. The van der Waals surface area contributed by atoms with E-state index in [9.17, 15) is 14.4 Å². The monoisotopic (exact) mass is 509 g/mol. The molecule has 0 aliphatic heterocycles. The third kappa shape index (κ3) is 6.02. The van der Waals surface area contributed by atoms with Gasteiger partial charge in [0.05, 0.1) is 17.4 Å². The van der Waals surface area contributed by atoms with Crippen molar-refractivity contribution in [3.05, 3.63) is 115 Å². The molecule has 35 heavy (non-hydrogen) atoms. The molecule has 0 aliphatic carbocycles. The summed E-state index contributed by atoms with van der Waals surface area (Å²) >= 11 is 12.1. The number of nitrogens with one attached hydrogen (secondary N) is 1. The summed E-state index contributed by atoms with van der Waals surface area (Å²) in [6.45, 7) is 0.917. The van der Waals surface area contributed by atoms with Gasteiger partial charge in [0.25, 0.3) is 5.56 Å². The molecule has 8 heteroatoms. The first-order valence-corrected chi connectivity index (χ1v) is 12.2. The van der Waals surface area contributed by atoms with E-state index in [-0.39, 0.29) is 23.7 Å². The van der Waals surface area contributed by atoms with Crippen LogP contribution in [0.3, 0.4) is 0 Å². The summed E-state index contributed by atoms with van der Waals surface area (Å²) in [5.41, 5.74) is 1.66. The van der Waals surface area contributed by atoms with Crippen LogP contribution in [0.25, 0.3) is 10.9 Å². The number of aromatic nitrogens is 2. The molecule has 0 fully saturated rings. The third-order valence-corrected chi connectivity index (χ3v) is 6.48. The average Bonchev–Trinajstić information content (AvgIpc) is 2.86. The van der Waals surface area contributed by atoms with E-state index < -0.39 is 0 Å². The zero-order chi connectivity index (χ0) is 24.8. The highest BCUT2D eigenvalue weighted by atomic mass is 35.5. The minimum absolute atomic E-state index is 0.101. The molecule has 1 heterocycles. The van der Waals surface area contributed by atoms with E-state index in [1.165, 1.54) is 4.57 Å². The Kier molecular flexibility index (Phi) is 8.06. The van der Waals surface area contributed by atoms with E-state index in [1.807, 2.05) is 36.4 Å². The van der Waals surface area contributed by atoms with E-state index in [0.29, 0.717) is 53.3 Å². The van der Waals surface area contributed by atoms with Gasteiger partial charge < -0.3 is 5.32 Å². The van der Waals surface area contributed by atoms with Crippen LogP contribution >= 0.6 is 23.2 Å². The Labute approximate surface area is 212 Å². The largest absolute Gasteiger partial charge is 0.352 e. The maximum atomic E-state index is 13.3. The molecule has 4 rings (SSSR count). The Morgan fingerprint density at radius 3 is 2.31 bits per heavy atom. The van der Waals surface area contributed by atoms with Crippen molar-refractivity contribution in [1.29, 1.82) is 0 Å². The first-order valence-electron chi connectivity index (χ1n) is 11.4. The third-order valence-electron chi connectivity index (χ3n) is 5.86. The first-order chi connectivity index (χ1) is 16.9. The molecule has 1 N–H and O–H groups in total. The predicted octanol–water partition coefficient (Wildman–Crippen LogP) is 5.01. The quantitative estimate of drug-likeness (QED) is 0.322. The Morgan fingerprint density at radius 1 is 0.829 bits per heavy atom. The second-order valence-electron chi connectivity index (χ2n) is 8.29. The van der Waals surface area contributed by atoms with E-state index >= 15 is 0 Å². The van der Waals surface area contributed by atoms with Crippen molar-refractivity contribution in [2.24, 2.45) is 0 Å². The lowest BCUT2D eigenvalue weighted by molar-refractivity contribution is -0.121. The molecule has 0 aliphatic rings. The van der Waals surface area contributed by atoms with Crippen LogP contribution in [0.2, 0.25) is 10.0 Å². The van der Waals surface area contributed by atoms with Crippen LogP contribution < -0.4 is 16.6 Å². The van der Waals surface area contributed by atoms with E-state index in [1.54, 1.807) is 41.0 Å². The summed E-state index contributed by atoms with van der Waals surface area (Å²) in [6, 6.07) is 21.7. The standard InChI is InChI=1S/C27H25Cl2N3O3/c28-21-14-12-19(13-15-21)18-32-24-10-4-2-8-22(24)26(34)31(27(32)35)16-6-5-11-25(33)30-17-20-7-1-3-9-23(20)29/h1-4,7-10,12-15H,5-6,11,16-18H2,(H,30,33). The second kappa shape index (κ2) is 11.4. The average molecular weight is 510 g/mol. The van der Waals surface area contributed by atoms with Crippen molar-refractivity contribution < 1.29 is 4.79 Å². The number of halogens is 2. The summed E-state index contributed by atoms with van der Waals surface area (Å²) in [4.78, 5) is 38.6. The molecule has 1 amide bonds. The zero-order valence-electron chi connectivity index (χ0n) is 19.0. The van der Waals surface area contributed by atoms with Crippen molar-refractivity contribution in [3.8, 4) is 0 Å². The van der Waals surface area contributed by atoms with Crippen molar-refractivity contribution in [2.75, 3.05) is 0 Å². The number of hydrogen-bond donors (Lipinski definition) is 1. The van der Waals surface area contributed by atoms with Gasteiger partial charge in [-0.15, -0.1) is 0 Å². The fraction of sp³-hybridized carbons (Fsp3) is 0.222. The Morgan fingerprint density at radius 2 is 1.54 bits per heavy atom. The molecule has 180 valence electrons. The van der Waals surface area contributed by atoms with Gasteiger partial charge >= 0.3 is 5.69 Å². The number of fused-ring (bicyclic) bond motifs is 1. The summed E-state index contributed by atoms with van der Waals surface area (Å²) in [5, 5.41) is 4.57. The number of carbonyl (C=O) groups is 1. The van der Waals surface area contributed by atoms with Gasteiger partial charge in [0, 0.05) is 29.6 Å². The number of para-hydroxylation sites is 1. The molecular formula is C27H25Cl2N3O3. The maximum absolute atomic E-state index is 13.3. The lowest BCUT2D eigenvalue weighted by atomic mass is 10.2. The number of rotatable bonds is 9. The highest BCUT2D eigenvalue weighted by Crippen LogP contribution is 2.15. The Balaban J connectivity index is 1.44. The molecule has 1 aromatic heterocycles. The zero-order valence-corrected chi connectivity index (χ0v) is 20.6. The molecule has 6 nitrogen and oxygen atoms in total. The summed E-state index contributed by atoms with van der Waals surface area (Å²) in [7, 11) is 0. The van der Waals surface area contributed by atoms with Crippen LogP contribution in [0.5, 0.6) is 0 Å². The lowest BCUT2D eigenvalue weighted by Crippen LogP contribution is -2.40. The molecule has 3 aromatic carbocycles. The van der Waals surface area contributed by atoms with Crippen molar-refractivity contribution in [1.82, 2.24) is 14.5 Å². The molecule has 0 bridgehead atoms. The van der Waals surface area contributed by atoms with Gasteiger partial charge in [-0.1, -0.05) is 65.7 Å². The fourth-order valence-corrected chi connectivity index (χ4v) is 4.30. The molecule has 0 saturated carbocycles. The molecule has 0 radical (unpaired) electrons. The van der Waals surface area contributed by atoms with Gasteiger partial charge in [-0.25, -0.2) is 4.79 Å². The van der Waals surface area contributed by atoms with Gasteiger partial charge in [0.1, 0.15) is 0 Å².